The number of aliphatic hydroxyl groups is 1. The number of carbonyl (C=O) groups is 10. The topological polar surface area (TPSA) is 434 Å². The molecule has 1 saturated heterocycles. The second-order valence-electron chi connectivity index (χ2n) is 25.0. The molecule has 0 aliphatic carbocycles. The summed E-state index contributed by atoms with van der Waals surface area (Å²) < 4.78 is 29.9. The molecule has 1 unspecified atom stereocenters. The Hall–Kier alpha value is -9.89. The number of amides is 9. The Bertz CT molecular complexity index is 4090. The molecule has 538 valence electrons. The van der Waals surface area contributed by atoms with E-state index in [1.807, 2.05) is 24.3 Å². The lowest BCUT2D eigenvalue weighted by molar-refractivity contribution is -0.146. The highest BCUT2D eigenvalue weighted by molar-refractivity contribution is 7.98. The summed E-state index contributed by atoms with van der Waals surface area (Å²) in [5, 5.41) is 52.5. The van der Waals surface area contributed by atoms with Crippen LogP contribution in [0.3, 0.4) is 0 Å². The number of aromatic amines is 3. The van der Waals surface area contributed by atoms with E-state index in [1.54, 1.807) is 12.1 Å². The molecule has 4 aromatic carbocycles. The number of aliphatic hydroxyl groups excluding tert-OH is 1. The number of halogens is 2. The lowest BCUT2D eigenvalue weighted by Crippen LogP contribution is -2.62. The highest BCUT2D eigenvalue weighted by atomic mass is 32.2. The van der Waals surface area contributed by atoms with Gasteiger partial charge in [-0.3, -0.25) is 52.8 Å². The minimum atomic E-state index is -2.01. The van der Waals surface area contributed by atoms with Crippen LogP contribution in [-0.2, 0) is 85.1 Å². The Labute approximate surface area is 587 Å². The van der Waals surface area contributed by atoms with Crippen LogP contribution in [0.5, 0.6) is 5.75 Å². The largest absolute Gasteiger partial charge is 0.508 e. The molecule has 101 heavy (non-hydrogen) atoms. The number of fused-ring (bicyclic) bond motifs is 5. The van der Waals surface area contributed by atoms with Crippen molar-refractivity contribution in [3.63, 3.8) is 0 Å². The van der Waals surface area contributed by atoms with E-state index in [-0.39, 0.29) is 67.5 Å². The lowest BCUT2D eigenvalue weighted by atomic mass is 10.0. The molecule has 9 atom stereocenters. The molecule has 28 nitrogen and oxygen atoms in total. The lowest BCUT2D eigenvalue weighted by Gasteiger charge is -2.37. The maximum absolute atomic E-state index is 15.2. The minimum absolute atomic E-state index is 0.0155. The number of carboxylic acids is 1. The van der Waals surface area contributed by atoms with E-state index in [0.717, 1.165) is 16.0 Å². The van der Waals surface area contributed by atoms with Gasteiger partial charge in [0.1, 0.15) is 59.9 Å². The number of hydrogen-bond donors (Lipinski definition) is 15. The summed E-state index contributed by atoms with van der Waals surface area (Å²) in [5.41, 5.74) is 15.7. The Balaban J connectivity index is 1.06. The van der Waals surface area contributed by atoms with Gasteiger partial charge in [-0.05, 0) is 121 Å². The number of carboxylic acid groups (broad SMARTS) is 1. The molecule has 0 radical (unpaired) electrons. The van der Waals surface area contributed by atoms with Gasteiger partial charge < -0.3 is 83.9 Å². The third kappa shape index (κ3) is 21.1. The number of hydrogen-bond acceptors (Lipinski definition) is 17. The number of nitrogens with zero attached hydrogens (tertiary/aromatic N) is 3. The van der Waals surface area contributed by atoms with Crippen molar-refractivity contribution in [2.45, 2.75) is 137 Å². The molecule has 2 aliphatic heterocycles. The number of H-pyrrole nitrogens is 3. The predicted molar refractivity (Wildman–Crippen MR) is 373 cm³/mol. The summed E-state index contributed by atoms with van der Waals surface area (Å²) >= 11 is 2.81. The van der Waals surface area contributed by atoms with Gasteiger partial charge in [-0.2, -0.15) is 23.5 Å². The Kier molecular flexibility index (Phi) is 26.8. The van der Waals surface area contributed by atoms with E-state index < -0.39 is 145 Å². The van der Waals surface area contributed by atoms with E-state index in [9.17, 15) is 52.9 Å². The minimum Gasteiger partial charge on any atom is -0.508 e. The third-order valence-corrected chi connectivity index (χ3v) is 19.8. The van der Waals surface area contributed by atoms with Crippen molar-refractivity contribution in [2.75, 3.05) is 38.2 Å². The average Bonchev–Trinajstić information content (AvgIpc) is 1.75. The van der Waals surface area contributed by atoms with Crippen molar-refractivity contribution in [2.24, 2.45) is 11.5 Å². The summed E-state index contributed by atoms with van der Waals surface area (Å²) in [4.78, 5) is 158. The molecule has 2 aliphatic rings. The fourth-order valence-electron chi connectivity index (χ4n) is 12.3. The van der Waals surface area contributed by atoms with E-state index in [4.69, 9.17) is 11.5 Å². The van der Waals surface area contributed by atoms with Crippen molar-refractivity contribution < 1.29 is 72.0 Å². The highest BCUT2D eigenvalue weighted by Gasteiger charge is 2.42. The number of aliphatic carboxylic acids is 1. The third-order valence-electron chi connectivity index (χ3n) is 17.7. The molecule has 7 aromatic rings. The van der Waals surface area contributed by atoms with Gasteiger partial charge in [0.15, 0.2) is 0 Å². The maximum atomic E-state index is 15.2. The Morgan fingerprint density at radius 1 is 0.683 bits per heavy atom. The summed E-state index contributed by atoms with van der Waals surface area (Å²) in [7, 11) is 1.18. The van der Waals surface area contributed by atoms with Gasteiger partial charge in [0.25, 0.3) is 0 Å². The molecule has 3 aromatic heterocycles. The van der Waals surface area contributed by atoms with Crippen LogP contribution in [0.2, 0.25) is 0 Å². The number of phenolic OH excluding ortho intramolecular Hbond substituents is 1. The smallest absolute Gasteiger partial charge is 0.305 e. The van der Waals surface area contributed by atoms with E-state index in [0.29, 0.717) is 76.3 Å². The molecule has 9 amide bonds. The summed E-state index contributed by atoms with van der Waals surface area (Å²) in [6.45, 7) is -0.301. The van der Waals surface area contributed by atoms with Gasteiger partial charge in [0, 0.05) is 108 Å². The number of aromatic nitrogens is 4. The number of rotatable bonds is 15. The molecule has 5 heterocycles. The summed E-state index contributed by atoms with van der Waals surface area (Å²) in [6, 6.07) is 9.59. The van der Waals surface area contributed by atoms with Crippen LogP contribution in [0.15, 0.2) is 110 Å². The standard InChI is InChI=1S/C69H83F2N15O13S2/c1-85-58(28-45-32-74-37-78-45)67(97)83-54(23-38-10-14-46(87)15-11-38)69(99)86-20-5-9-57(86)66(96)84-56(62(73)92)36-101-35-40-7-4-6-39(22-40)34-100-21-18-59(88)79-51(8-2-3-19-72)63(93)77-33-60(89)80-52(24-41-30-75-49-16-12-43(70)26-47(41)49)64(94)81-53(65(95)82-55(68(85)98)29-61(90)91)25-42-31-76-50-17-13-44(71)27-48(42)50/h4,6-7,10-17,22,26-27,30-32,37,51-58,69,75-76,87,99H,2-3,5,8-9,18-21,23-25,28-29,33-36,72H2,1H3,(H2,73,92)(H,74,78)(H,77,93)(H,79,88)(H,80,89)(H,81,94)(H,82,95)(H,83,97)(H,84,96)(H,90,91)/t51-,52-,53-,54-,55-,56-,57-,58-,69?/m0/s1. The zero-order valence-electron chi connectivity index (χ0n) is 55.3. The van der Waals surface area contributed by atoms with Crippen molar-refractivity contribution in [3.05, 3.63) is 155 Å². The van der Waals surface area contributed by atoms with Crippen molar-refractivity contribution in [3.8, 4) is 5.75 Å². The molecule has 2 bridgehead atoms. The first-order valence-electron chi connectivity index (χ1n) is 33.0. The van der Waals surface area contributed by atoms with Gasteiger partial charge in [0.05, 0.1) is 31.4 Å². The van der Waals surface area contributed by atoms with Gasteiger partial charge in [-0.1, -0.05) is 36.4 Å². The second kappa shape index (κ2) is 35.9. The molecular weight excluding hydrogens is 1350 g/mol. The number of imidazole rings is 1. The quantitative estimate of drug-likeness (QED) is 0.0652. The van der Waals surface area contributed by atoms with Crippen LogP contribution >= 0.6 is 23.5 Å². The monoisotopic (exact) mass is 1430 g/mol. The van der Waals surface area contributed by atoms with Gasteiger partial charge in [-0.15, -0.1) is 0 Å². The molecule has 1 fully saturated rings. The number of nitrogens with one attached hydrogen (secondary N) is 10. The molecule has 0 spiro atoms. The number of nitrogens with two attached hydrogens (primary N) is 2. The summed E-state index contributed by atoms with van der Waals surface area (Å²) in [6.07, 6.45) is 3.29. The number of carbonyl (C=O) groups excluding carboxylic acids is 9. The number of aromatic hydroxyl groups is 1. The Morgan fingerprint density at radius 2 is 1.32 bits per heavy atom. The number of phenols is 1. The van der Waals surface area contributed by atoms with Crippen molar-refractivity contribution in [1.82, 2.24) is 67.0 Å². The van der Waals surface area contributed by atoms with Crippen molar-refractivity contribution >= 4 is 104 Å². The number of thioether (sulfide) groups is 2. The maximum Gasteiger partial charge on any atom is 0.305 e. The van der Waals surface area contributed by atoms with E-state index in [2.05, 4.69) is 57.2 Å². The zero-order valence-corrected chi connectivity index (χ0v) is 56.9. The zero-order chi connectivity index (χ0) is 72.3. The van der Waals surface area contributed by atoms with Crippen LogP contribution in [0.25, 0.3) is 21.8 Å². The van der Waals surface area contributed by atoms with Crippen LogP contribution in [0.4, 0.5) is 8.78 Å². The molecule has 9 rings (SSSR count). The molecule has 17 N–H and O–H groups in total. The predicted octanol–water partition coefficient (Wildman–Crippen LogP) is 1.92. The SMILES string of the molecule is CN1C(=O)[C@H](CC(=O)O)NC(=O)[C@H](Cc2c[nH]c3ccc(F)cc23)NC(=O)[C@H](Cc2c[nH]c3ccc(F)cc23)NC(=O)CNC(=O)[C@H](CCCCN)NC(=O)CCSCc2cccc(c2)CSC[C@@H](C(N)=O)NC(=O)[C@@H]2CCCN2C(O)[C@H](Cc2ccc(O)cc2)NC(=O)[C@@H]1Cc1cnc[nH]1. The fourth-order valence-corrected chi connectivity index (χ4v) is 14.2. The van der Waals surface area contributed by atoms with Gasteiger partial charge in [-0.25, -0.2) is 13.8 Å². The molecule has 0 saturated carbocycles. The van der Waals surface area contributed by atoms with Gasteiger partial charge >= 0.3 is 5.97 Å². The second-order valence-corrected chi connectivity index (χ2v) is 27.2. The first-order chi connectivity index (χ1) is 48.5. The molecular formula is C69H83F2N15O13S2. The highest BCUT2D eigenvalue weighted by Crippen LogP contribution is 2.27. The number of benzene rings is 4. The van der Waals surface area contributed by atoms with Crippen LogP contribution in [-0.4, -0.2) is 197 Å². The first kappa shape index (κ1) is 75.3. The van der Waals surface area contributed by atoms with E-state index >= 15 is 19.2 Å². The number of likely N-dealkylation sites (N-methyl/N-ethyl adjacent to an activating group) is 1. The molecule has 32 heteroatoms. The van der Waals surface area contributed by atoms with Crippen LogP contribution in [0.1, 0.15) is 78.5 Å². The first-order valence-corrected chi connectivity index (χ1v) is 35.3. The number of primary amides is 1. The fraction of sp³-hybridized carbons (Fsp3) is 0.406. The normalized spacial score (nSPS) is 23.0. The van der Waals surface area contributed by atoms with Gasteiger partial charge in [0.2, 0.25) is 53.2 Å². The van der Waals surface area contributed by atoms with Crippen LogP contribution in [0, 0.1) is 11.6 Å². The van der Waals surface area contributed by atoms with E-state index in [1.165, 1.54) is 109 Å². The number of unbranched alkanes of at least 4 members (excludes halogenated alkanes) is 1. The average molecular weight is 1430 g/mol. The Morgan fingerprint density at radius 3 is 1.94 bits per heavy atom. The van der Waals surface area contributed by atoms with Crippen molar-refractivity contribution in [1.29, 1.82) is 0 Å². The van der Waals surface area contributed by atoms with Crippen LogP contribution < -0.4 is 48.7 Å². The summed E-state index contributed by atoms with van der Waals surface area (Å²) in [5.74, 6) is -9.42.